The summed E-state index contributed by atoms with van der Waals surface area (Å²) in [5.41, 5.74) is 2.61. The first-order chi connectivity index (χ1) is 11.5. The summed E-state index contributed by atoms with van der Waals surface area (Å²) < 4.78 is 10.4. The van der Waals surface area contributed by atoms with Crippen molar-refractivity contribution in [3.63, 3.8) is 0 Å². The second-order valence-corrected chi connectivity index (χ2v) is 5.44. The van der Waals surface area contributed by atoms with Gasteiger partial charge in [-0.1, -0.05) is 41.4 Å². The van der Waals surface area contributed by atoms with Crippen molar-refractivity contribution in [3.05, 3.63) is 58.7 Å². The third-order valence-corrected chi connectivity index (χ3v) is 3.55. The Bertz CT molecular complexity index is 760. The largest absolute Gasteiger partial charge is 0.495 e. The van der Waals surface area contributed by atoms with E-state index in [4.69, 9.17) is 21.1 Å². The van der Waals surface area contributed by atoms with E-state index in [2.05, 4.69) is 10.6 Å². The lowest BCUT2D eigenvalue weighted by Gasteiger charge is -2.12. The maximum atomic E-state index is 12.0. The summed E-state index contributed by atoms with van der Waals surface area (Å²) >= 11 is 6.04. The van der Waals surface area contributed by atoms with Crippen LogP contribution in [0, 0.1) is 6.92 Å². The molecule has 0 unspecified atom stereocenters. The average Bonchev–Trinajstić information content (AvgIpc) is 2.56. The highest BCUT2D eigenvalue weighted by Gasteiger charge is 2.11. The summed E-state index contributed by atoms with van der Waals surface area (Å²) in [6, 6.07) is 10.7. The lowest BCUT2D eigenvalue weighted by atomic mass is 10.1. The van der Waals surface area contributed by atoms with Gasteiger partial charge in [-0.2, -0.15) is 0 Å². The third-order valence-electron chi connectivity index (χ3n) is 3.25. The Kier molecular flexibility index (Phi) is 6.09. The topological polar surface area (TPSA) is 59.6 Å². The number of methoxy groups -OCH3 is 2. The monoisotopic (exact) mass is 346 g/mol. The summed E-state index contributed by atoms with van der Waals surface area (Å²) in [6.45, 7) is 2.01. The van der Waals surface area contributed by atoms with Gasteiger partial charge in [0.2, 0.25) is 0 Å². The quantitative estimate of drug-likeness (QED) is 0.840. The van der Waals surface area contributed by atoms with E-state index in [1.165, 1.54) is 14.2 Å². The molecule has 0 aliphatic rings. The van der Waals surface area contributed by atoms with Gasteiger partial charge in [-0.3, -0.25) is 0 Å². The Hall–Kier alpha value is -2.66. The highest BCUT2D eigenvalue weighted by atomic mass is 35.5. The van der Waals surface area contributed by atoms with Crippen molar-refractivity contribution >= 4 is 29.4 Å². The molecule has 2 rings (SSSR count). The van der Waals surface area contributed by atoms with Gasteiger partial charge in [-0.25, -0.2) is 4.79 Å². The van der Waals surface area contributed by atoms with E-state index in [1.54, 1.807) is 18.3 Å². The molecule has 24 heavy (non-hydrogen) atoms. The molecule has 0 bridgehead atoms. The van der Waals surface area contributed by atoms with Crippen LogP contribution in [0.1, 0.15) is 11.1 Å². The molecule has 2 N–H and O–H groups in total. The van der Waals surface area contributed by atoms with Gasteiger partial charge in [0.25, 0.3) is 0 Å². The van der Waals surface area contributed by atoms with Crippen molar-refractivity contribution in [1.29, 1.82) is 0 Å². The van der Waals surface area contributed by atoms with Crippen LogP contribution in [-0.2, 0) is 0 Å². The Morgan fingerprint density at radius 1 is 1.12 bits per heavy atom. The number of hydrogen-bond acceptors (Lipinski definition) is 3. The van der Waals surface area contributed by atoms with Gasteiger partial charge in [0.1, 0.15) is 11.5 Å². The van der Waals surface area contributed by atoms with E-state index in [9.17, 15) is 4.79 Å². The molecule has 0 aliphatic heterocycles. The Morgan fingerprint density at radius 3 is 2.54 bits per heavy atom. The first kappa shape index (κ1) is 17.7. The molecule has 2 aromatic rings. The lowest BCUT2D eigenvalue weighted by molar-refractivity contribution is 0.255. The zero-order valence-corrected chi connectivity index (χ0v) is 14.5. The van der Waals surface area contributed by atoms with Crippen LogP contribution >= 0.6 is 11.6 Å². The van der Waals surface area contributed by atoms with E-state index in [0.29, 0.717) is 22.2 Å². The number of hydrogen-bond donors (Lipinski definition) is 2. The van der Waals surface area contributed by atoms with Gasteiger partial charge in [-0.05, 0) is 18.6 Å². The normalized spacial score (nSPS) is 10.5. The van der Waals surface area contributed by atoms with Gasteiger partial charge in [-0.15, -0.1) is 0 Å². The molecule has 0 aliphatic carbocycles. The number of benzene rings is 2. The maximum Gasteiger partial charge on any atom is 0.323 e. The fraction of sp³-hybridized carbons (Fsp3) is 0.167. The van der Waals surface area contributed by atoms with Crippen LogP contribution in [0.15, 0.2) is 42.6 Å². The van der Waals surface area contributed by atoms with E-state index in [-0.39, 0.29) is 0 Å². The summed E-state index contributed by atoms with van der Waals surface area (Å²) in [7, 11) is 3.00. The van der Waals surface area contributed by atoms with Crippen molar-refractivity contribution in [3.8, 4) is 11.5 Å². The number of carbonyl (C=O) groups is 1. The SMILES string of the molecule is COc1cc(NC(=O)N/C=C/c2cccc(C)c2)c(OC)cc1Cl. The standard InChI is InChI=1S/C18H19ClN2O3/c1-12-5-4-6-13(9-12)7-8-20-18(22)21-15-11-16(23-2)14(19)10-17(15)24-3/h4-11H,1-3H3,(H2,20,21,22)/b8-7+. The number of amides is 2. The minimum absolute atomic E-state index is 0.401. The minimum Gasteiger partial charge on any atom is -0.495 e. The molecule has 5 nitrogen and oxygen atoms in total. The van der Waals surface area contributed by atoms with Gasteiger partial charge in [0.05, 0.1) is 24.9 Å². The smallest absolute Gasteiger partial charge is 0.323 e. The molecule has 0 spiro atoms. The highest BCUT2D eigenvalue weighted by Crippen LogP contribution is 2.35. The zero-order valence-electron chi connectivity index (χ0n) is 13.7. The molecule has 0 saturated heterocycles. The second-order valence-electron chi connectivity index (χ2n) is 5.03. The van der Waals surface area contributed by atoms with Crippen LogP contribution in [-0.4, -0.2) is 20.3 Å². The number of ether oxygens (including phenoxy) is 2. The van der Waals surface area contributed by atoms with Crippen LogP contribution in [0.4, 0.5) is 10.5 Å². The van der Waals surface area contributed by atoms with Crippen LogP contribution in [0.5, 0.6) is 11.5 Å². The molecule has 126 valence electrons. The van der Waals surface area contributed by atoms with Crippen LogP contribution in [0.25, 0.3) is 6.08 Å². The number of rotatable bonds is 5. The fourth-order valence-electron chi connectivity index (χ4n) is 2.10. The number of anilines is 1. The third kappa shape index (κ3) is 4.67. The molecule has 0 radical (unpaired) electrons. The number of nitrogens with one attached hydrogen (secondary N) is 2. The van der Waals surface area contributed by atoms with Crippen LogP contribution in [0.3, 0.4) is 0 Å². The van der Waals surface area contributed by atoms with Crippen molar-refractivity contribution in [1.82, 2.24) is 5.32 Å². The Morgan fingerprint density at radius 2 is 1.88 bits per heavy atom. The summed E-state index contributed by atoms with van der Waals surface area (Å²) in [5, 5.41) is 5.74. The van der Waals surface area contributed by atoms with Crippen molar-refractivity contribution in [2.24, 2.45) is 0 Å². The molecular weight excluding hydrogens is 328 g/mol. The molecular formula is C18H19ClN2O3. The zero-order chi connectivity index (χ0) is 17.5. The predicted molar refractivity (Wildman–Crippen MR) is 96.9 cm³/mol. The Labute approximate surface area is 146 Å². The van der Waals surface area contributed by atoms with Crippen molar-refractivity contribution in [2.45, 2.75) is 6.92 Å². The molecule has 2 aromatic carbocycles. The molecule has 0 heterocycles. The minimum atomic E-state index is -0.401. The van der Waals surface area contributed by atoms with Crippen LogP contribution < -0.4 is 20.1 Å². The first-order valence-electron chi connectivity index (χ1n) is 7.25. The lowest BCUT2D eigenvalue weighted by Crippen LogP contribution is -2.24. The van der Waals surface area contributed by atoms with E-state index in [1.807, 2.05) is 37.3 Å². The number of halogens is 1. The number of urea groups is 1. The fourth-order valence-corrected chi connectivity index (χ4v) is 2.33. The van der Waals surface area contributed by atoms with Gasteiger partial charge >= 0.3 is 6.03 Å². The van der Waals surface area contributed by atoms with E-state index >= 15 is 0 Å². The predicted octanol–water partition coefficient (Wildman–Crippen LogP) is 4.46. The van der Waals surface area contributed by atoms with Crippen molar-refractivity contribution < 1.29 is 14.3 Å². The van der Waals surface area contributed by atoms with E-state index < -0.39 is 6.03 Å². The van der Waals surface area contributed by atoms with Gasteiger partial charge in [0, 0.05) is 18.3 Å². The molecule has 2 amide bonds. The van der Waals surface area contributed by atoms with E-state index in [0.717, 1.165) is 11.1 Å². The number of aryl methyl sites for hydroxylation is 1. The molecule has 0 saturated carbocycles. The molecule has 0 aromatic heterocycles. The number of carbonyl (C=O) groups excluding carboxylic acids is 1. The molecule has 0 fully saturated rings. The molecule has 6 heteroatoms. The molecule has 0 atom stereocenters. The summed E-state index contributed by atoms with van der Waals surface area (Å²) in [6.07, 6.45) is 3.38. The Balaban J connectivity index is 2.04. The average molecular weight is 347 g/mol. The summed E-state index contributed by atoms with van der Waals surface area (Å²) in [4.78, 5) is 12.0. The summed E-state index contributed by atoms with van der Waals surface area (Å²) in [5.74, 6) is 0.890. The van der Waals surface area contributed by atoms with Gasteiger partial charge < -0.3 is 20.1 Å². The maximum absolute atomic E-state index is 12.0. The van der Waals surface area contributed by atoms with Gasteiger partial charge in [0.15, 0.2) is 0 Å². The van der Waals surface area contributed by atoms with Crippen LogP contribution in [0.2, 0.25) is 5.02 Å². The van der Waals surface area contributed by atoms with Crippen molar-refractivity contribution in [2.75, 3.05) is 19.5 Å². The second kappa shape index (κ2) is 8.26. The highest BCUT2D eigenvalue weighted by molar-refractivity contribution is 6.32. The first-order valence-corrected chi connectivity index (χ1v) is 7.63.